The molecule has 1 atom stereocenters. The fourth-order valence-electron chi connectivity index (χ4n) is 2.75. The van der Waals surface area contributed by atoms with E-state index in [2.05, 4.69) is 30.9 Å². The third kappa shape index (κ3) is 3.71. The van der Waals surface area contributed by atoms with Crippen LogP contribution in [-0.4, -0.2) is 35.8 Å². The molecule has 3 nitrogen and oxygen atoms in total. The Hall–Kier alpha value is -1.06. The highest BCUT2D eigenvalue weighted by Crippen LogP contribution is 2.30. The van der Waals surface area contributed by atoms with E-state index in [1.54, 1.807) is 0 Å². The van der Waals surface area contributed by atoms with Gasteiger partial charge in [-0.2, -0.15) is 0 Å². The summed E-state index contributed by atoms with van der Waals surface area (Å²) in [5.74, 6) is 0.941. The van der Waals surface area contributed by atoms with Gasteiger partial charge in [-0.05, 0) is 31.0 Å². The van der Waals surface area contributed by atoms with Gasteiger partial charge in [-0.25, -0.2) is 0 Å². The Balaban J connectivity index is 1.99. The minimum absolute atomic E-state index is 0.0181. The van der Waals surface area contributed by atoms with E-state index >= 15 is 0 Å². The highest BCUT2D eigenvalue weighted by atomic mass is 16.5. The normalized spacial score (nSPS) is 23.3. The summed E-state index contributed by atoms with van der Waals surface area (Å²) in [5, 5.41) is 9.99. The Labute approximate surface area is 116 Å². The van der Waals surface area contributed by atoms with Crippen LogP contribution in [0.4, 0.5) is 0 Å². The molecule has 0 saturated carbocycles. The molecule has 19 heavy (non-hydrogen) atoms. The third-order valence-corrected chi connectivity index (χ3v) is 3.87. The number of aliphatic hydroxyl groups excluding tert-OH is 1. The summed E-state index contributed by atoms with van der Waals surface area (Å²) in [7, 11) is 0. The van der Waals surface area contributed by atoms with Crippen LogP contribution in [0.3, 0.4) is 0 Å². The van der Waals surface area contributed by atoms with Crippen LogP contribution in [0, 0.1) is 5.41 Å². The molecular formula is C16H25NO2. The fraction of sp³-hybridized carbons (Fsp3) is 0.625. The van der Waals surface area contributed by atoms with Crippen molar-refractivity contribution >= 4 is 0 Å². The maximum atomic E-state index is 9.99. The van der Waals surface area contributed by atoms with E-state index in [9.17, 15) is 5.11 Å². The molecule has 1 N–H and O–H groups in total. The Bertz CT molecular complexity index is 417. The minimum Gasteiger partial charge on any atom is -0.494 e. The van der Waals surface area contributed by atoms with Crippen LogP contribution < -0.4 is 4.74 Å². The zero-order valence-corrected chi connectivity index (χ0v) is 12.2. The van der Waals surface area contributed by atoms with Crippen LogP contribution in [0.2, 0.25) is 0 Å². The number of rotatable bonds is 4. The van der Waals surface area contributed by atoms with Crippen LogP contribution >= 0.6 is 0 Å². The van der Waals surface area contributed by atoms with Crippen LogP contribution in [0.15, 0.2) is 24.3 Å². The summed E-state index contributed by atoms with van der Waals surface area (Å²) in [4.78, 5) is 2.41. The molecule has 1 aromatic rings. The predicted octanol–water partition coefficient (Wildman–Crippen LogP) is 2.68. The summed E-state index contributed by atoms with van der Waals surface area (Å²) in [5.41, 5.74) is 1.26. The Kier molecular flexibility index (Phi) is 4.48. The number of hydrogen-bond donors (Lipinski definition) is 1. The molecule has 3 heteroatoms. The summed E-state index contributed by atoms with van der Waals surface area (Å²) in [6.45, 7) is 9.81. The molecule has 1 aliphatic rings. The van der Waals surface area contributed by atoms with Gasteiger partial charge in [-0.15, -0.1) is 0 Å². The van der Waals surface area contributed by atoms with E-state index in [1.165, 1.54) is 5.56 Å². The van der Waals surface area contributed by atoms with Crippen molar-refractivity contribution in [3.8, 4) is 5.75 Å². The highest BCUT2D eigenvalue weighted by Gasteiger charge is 2.34. The van der Waals surface area contributed by atoms with Crippen LogP contribution in [-0.2, 0) is 6.54 Å². The van der Waals surface area contributed by atoms with E-state index in [4.69, 9.17) is 4.74 Å². The van der Waals surface area contributed by atoms with Crippen molar-refractivity contribution in [2.75, 3.05) is 19.7 Å². The van der Waals surface area contributed by atoms with Gasteiger partial charge < -0.3 is 9.84 Å². The molecule has 0 spiro atoms. The number of ether oxygens (including phenoxy) is 1. The first-order valence-electron chi connectivity index (χ1n) is 7.13. The first kappa shape index (κ1) is 14.4. The third-order valence-electron chi connectivity index (χ3n) is 3.87. The summed E-state index contributed by atoms with van der Waals surface area (Å²) >= 11 is 0. The van der Waals surface area contributed by atoms with E-state index in [-0.39, 0.29) is 11.5 Å². The number of aliphatic hydroxyl groups is 1. The lowest BCUT2D eigenvalue weighted by atomic mass is 9.81. The fourth-order valence-corrected chi connectivity index (χ4v) is 2.75. The summed E-state index contributed by atoms with van der Waals surface area (Å²) < 4.78 is 5.54. The molecule has 1 aliphatic heterocycles. The molecule has 0 bridgehead atoms. The summed E-state index contributed by atoms with van der Waals surface area (Å²) in [6, 6.07) is 8.29. The molecule has 0 aromatic heterocycles. The van der Waals surface area contributed by atoms with Crippen LogP contribution in [0.25, 0.3) is 0 Å². The summed E-state index contributed by atoms with van der Waals surface area (Å²) in [6.07, 6.45) is 0.677. The second kappa shape index (κ2) is 5.93. The standard InChI is InChI=1S/C16H25NO2/c1-4-19-14-7-5-6-13(10-14)11-17-9-8-15(18)16(2,3)12-17/h5-7,10,15,18H,4,8-9,11-12H2,1-3H3. The smallest absolute Gasteiger partial charge is 0.119 e. The number of hydrogen-bond acceptors (Lipinski definition) is 3. The number of piperidine rings is 1. The van der Waals surface area contributed by atoms with Crippen molar-refractivity contribution in [2.45, 2.75) is 39.8 Å². The molecular weight excluding hydrogens is 238 g/mol. The van der Waals surface area contributed by atoms with E-state index in [1.807, 2.05) is 19.1 Å². The quantitative estimate of drug-likeness (QED) is 0.906. The Morgan fingerprint density at radius 1 is 1.42 bits per heavy atom. The van der Waals surface area contributed by atoms with Gasteiger partial charge in [0.2, 0.25) is 0 Å². The topological polar surface area (TPSA) is 32.7 Å². The van der Waals surface area contributed by atoms with Gasteiger partial charge in [0.05, 0.1) is 12.7 Å². The number of benzene rings is 1. The molecule has 1 heterocycles. The Morgan fingerprint density at radius 2 is 2.21 bits per heavy atom. The van der Waals surface area contributed by atoms with Crippen LogP contribution in [0.1, 0.15) is 32.8 Å². The lowest BCUT2D eigenvalue weighted by Gasteiger charge is -2.41. The van der Waals surface area contributed by atoms with Crippen molar-refractivity contribution < 1.29 is 9.84 Å². The van der Waals surface area contributed by atoms with E-state index in [0.29, 0.717) is 6.61 Å². The van der Waals surface area contributed by atoms with Crippen molar-refractivity contribution in [3.63, 3.8) is 0 Å². The second-order valence-corrected chi connectivity index (χ2v) is 6.08. The molecule has 2 rings (SSSR count). The van der Waals surface area contributed by atoms with Crippen molar-refractivity contribution in [1.82, 2.24) is 4.90 Å². The van der Waals surface area contributed by atoms with Crippen molar-refractivity contribution in [2.24, 2.45) is 5.41 Å². The zero-order valence-electron chi connectivity index (χ0n) is 12.2. The van der Waals surface area contributed by atoms with Gasteiger partial charge in [0.15, 0.2) is 0 Å². The maximum absolute atomic E-state index is 9.99. The maximum Gasteiger partial charge on any atom is 0.119 e. The van der Waals surface area contributed by atoms with Crippen LogP contribution in [0.5, 0.6) is 5.75 Å². The van der Waals surface area contributed by atoms with Crippen molar-refractivity contribution in [1.29, 1.82) is 0 Å². The molecule has 106 valence electrons. The minimum atomic E-state index is -0.182. The molecule has 0 aliphatic carbocycles. The van der Waals surface area contributed by atoms with Gasteiger partial charge in [-0.1, -0.05) is 26.0 Å². The van der Waals surface area contributed by atoms with Gasteiger partial charge in [-0.3, -0.25) is 4.90 Å². The largest absolute Gasteiger partial charge is 0.494 e. The average molecular weight is 263 g/mol. The molecule has 1 unspecified atom stereocenters. The van der Waals surface area contributed by atoms with Gasteiger partial charge >= 0.3 is 0 Å². The van der Waals surface area contributed by atoms with E-state index in [0.717, 1.165) is 31.8 Å². The number of nitrogens with zero attached hydrogens (tertiary/aromatic N) is 1. The lowest BCUT2D eigenvalue weighted by molar-refractivity contribution is -0.0270. The number of likely N-dealkylation sites (tertiary alicyclic amines) is 1. The first-order chi connectivity index (χ1) is 9.01. The average Bonchev–Trinajstić information content (AvgIpc) is 2.34. The first-order valence-corrected chi connectivity index (χ1v) is 7.13. The SMILES string of the molecule is CCOc1cccc(CN2CCC(O)C(C)(C)C2)c1. The van der Waals surface area contributed by atoms with Gasteiger partial charge in [0.1, 0.15) is 5.75 Å². The van der Waals surface area contributed by atoms with E-state index < -0.39 is 0 Å². The van der Waals surface area contributed by atoms with Gasteiger partial charge in [0.25, 0.3) is 0 Å². The Morgan fingerprint density at radius 3 is 2.89 bits per heavy atom. The molecule has 1 fully saturated rings. The van der Waals surface area contributed by atoms with Crippen molar-refractivity contribution in [3.05, 3.63) is 29.8 Å². The molecule has 0 amide bonds. The zero-order chi connectivity index (χ0) is 13.9. The lowest BCUT2D eigenvalue weighted by Crippen LogP contribution is -2.48. The predicted molar refractivity (Wildman–Crippen MR) is 77.3 cm³/mol. The molecule has 1 saturated heterocycles. The second-order valence-electron chi connectivity index (χ2n) is 6.08. The van der Waals surface area contributed by atoms with Gasteiger partial charge in [0, 0.05) is 25.0 Å². The monoisotopic (exact) mass is 263 g/mol. The molecule has 0 radical (unpaired) electrons. The highest BCUT2D eigenvalue weighted by molar-refractivity contribution is 5.28. The molecule has 1 aromatic carbocycles.